The maximum Gasteiger partial charge on any atom is 0.106 e. The van der Waals surface area contributed by atoms with Gasteiger partial charge in [-0.25, -0.2) is 4.98 Å². The summed E-state index contributed by atoms with van der Waals surface area (Å²) in [5.74, 6) is 0.715. The van der Waals surface area contributed by atoms with E-state index in [4.69, 9.17) is 0 Å². The molecule has 70 valence electrons. The first-order valence-corrected chi connectivity index (χ1v) is 5.73. The standard InChI is InChI=1S/C9H17B2NS/c1-4-6(2)9(10,11)8-5-12-7(3)13-8/h5-6H,4,10-11H2,1-3H3. The smallest absolute Gasteiger partial charge is 0.106 e. The highest BCUT2D eigenvalue weighted by Crippen LogP contribution is 2.31. The molecule has 0 saturated carbocycles. The van der Waals surface area contributed by atoms with Crippen LogP contribution in [0.2, 0.25) is 0 Å². The number of thiazole rings is 1. The van der Waals surface area contributed by atoms with E-state index in [0.717, 1.165) is 0 Å². The van der Waals surface area contributed by atoms with E-state index in [-0.39, 0.29) is 5.21 Å². The summed E-state index contributed by atoms with van der Waals surface area (Å²) < 4.78 is 0. The molecule has 1 rings (SSSR count). The van der Waals surface area contributed by atoms with E-state index in [2.05, 4.69) is 41.4 Å². The summed E-state index contributed by atoms with van der Waals surface area (Å²) in [6, 6.07) is 0. The molecule has 0 bridgehead atoms. The minimum absolute atomic E-state index is 0.278. The van der Waals surface area contributed by atoms with Crippen LogP contribution in [-0.2, 0) is 5.21 Å². The van der Waals surface area contributed by atoms with Gasteiger partial charge in [0.05, 0.1) is 5.01 Å². The van der Waals surface area contributed by atoms with Gasteiger partial charge in [0.25, 0.3) is 0 Å². The lowest BCUT2D eigenvalue weighted by atomic mass is 9.47. The predicted molar refractivity (Wildman–Crippen MR) is 65.1 cm³/mol. The highest BCUT2D eigenvalue weighted by Gasteiger charge is 2.28. The van der Waals surface area contributed by atoms with Crippen LogP contribution in [0.5, 0.6) is 0 Å². The molecule has 0 saturated heterocycles. The molecule has 1 nitrogen and oxygen atoms in total. The van der Waals surface area contributed by atoms with Crippen LogP contribution >= 0.6 is 11.3 Å². The minimum atomic E-state index is 0.278. The molecule has 1 unspecified atom stereocenters. The summed E-state index contributed by atoms with van der Waals surface area (Å²) >= 11 is 1.83. The van der Waals surface area contributed by atoms with Gasteiger partial charge < -0.3 is 0 Å². The van der Waals surface area contributed by atoms with Gasteiger partial charge in [-0.2, -0.15) is 0 Å². The van der Waals surface area contributed by atoms with Gasteiger partial charge in [0.2, 0.25) is 0 Å². The normalized spacial score (nSPS) is 14.4. The van der Waals surface area contributed by atoms with Gasteiger partial charge in [-0.05, 0) is 18.1 Å². The van der Waals surface area contributed by atoms with Crippen LogP contribution in [0.4, 0.5) is 0 Å². The molecular formula is C9H17B2NS. The van der Waals surface area contributed by atoms with Crippen molar-refractivity contribution in [2.24, 2.45) is 5.92 Å². The average molecular weight is 193 g/mol. The Morgan fingerprint density at radius 2 is 2.23 bits per heavy atom. The van der Waals surface area contributed by atoms with Crippen LogP contribution in [0.3, 0.4) is 0 Å². The Balaban J connectivity index is 2.92. The van der Waals surface area contributed by atoms with E-state index in [1.807, 2.05) is 17.5 Å². The third-order valence-corrected chi connectivity index (χ3v) is 4.35. The van der Waals surface area contributed by atoms with Crippen molar-refractivity contribution in [3.05, 3.63) is 16.1 Å². The van der Waals surface area contributed by atoms with Crippen molar-refractivity contribution in [3.63, 3.8) is 0 Å². The number of aromatic nitrogens is 1. The molecule has 0 aromatic carbocycles. The van der Waals surface area contributed by atoms with Crippen molar-refractivity contribution in [1.82, 2.24) is 4.98 Å². The first-order valence-electron chi connectivity index (χ1n) is 4.91. The zero-order valence-electron chi connectivity index (χ0n) is 9.22. The lowest BCUT2D eigenvalue weighted by Gasteiger charge is -2.29. The number of nitrogens with zero attached hydrogens (tertiary/aromatic N) is 1. The highest BCUT2D eigenvalue weighted by atomic mass is 32.1. The van der Waals surface area contributed by atoms with Crippen molar-refractivity contribution >= 4 is 27.0 Å². The van der Waals surface area contributed by atoms with Gasteiger partial charge in [0.1, 0.15) is 15.7 Å². The molecule has 0 N–H and O–H groups in total. The molecule has 13 heavy (non-hydrogen) atoms. The predicted octanol–water partition coefficient (Wildman–Crippen LogP) is 0.917. The van der Waals surface area contributed by atoms with Crippen LogP contribution in [0, 0.1) is 12.8 Å². The number of rotatable bonds is 3. The van der Waals surface area contributed by atoms with Gasteiger partial charge in [-0.1, -0.05) is 20.3 Å². The summed E-state index contributed by atoms with van der Waals surface area (Å²) in [5.41, 5.74) is 0. The van der Waals surface area contributed by atoms with Crippen LogP contribution in [0.15, 0.2) is 6.20 Å². The van der Waals surface area contributed by atoms with E-state index < -0.39 is 0 Å². The maximum atomic E-state index is 4.32. The van der Waals surface area contributed by atoms with Crippen molar-refractivity contribution < 1.29 is 0 Å². The van der Waals surface area contributed by atoms with Crippen LogP contribution in [0.25, 0.3) is 0 Å². The topological polar surface area (TPSA) is 12.9 Å². The second-order valence-corrected chi connectivity index (χ2v) is 5.51. The number of aryl methyl sites for hydroxylation is 1. The first-order chi connectivity index (χ1) is 5.98. The van der Waals surface area contributed by atoms with E-state index in [1.165, 1.54) is 16.3 Å². The third-order valence-electron chi connectivity index (χ3n) is 3.10. The van der Waals surface area contributed by atoms with E-state index in [9.17, 15) is 0 Å². The molecule has 0 aliphatic carbocycles. The zero-order chi connectivity index (χ0) is 10.1. The average Bonchev–Trinajstić information content (AvgIpc) is 2.50. The van der Waals surface area contributed by atoms with Crippen molar-refractivity contribution in [3.8, 4) is 0 Å². The Bertz CT molecular complexity index is 283. The monoisotopic (exact) mass is 193 g/mol. The molecular weight excluding hydrogens is 176 g/mol. The van der Waals surface area contributed by atoms with E-state index in [1.54, 1.807) is 0 Å². The maximum absolute atomic E-state index is 4.32. The lowest BCUT2D eigenvalue weighted by Crippen LogP contribution is -2.33. The Kier molecular flexibility index (Phi) is 3.23. The molecule has 0 spiro atoms. The second-order valence-electron chi connectivity index (χ2n) is 4.27. The van der Waals surface area contributed by atoms with Gasteiger partial charge in [-0.3, -0.25) is 0 Å². The molecule has 0 aliphatic rings. The number of hydrogen-bond donors (Lipinski definition) is 0. The first kappa shape index (κ1) is 10.8. The third kappa shape index (κ3) is 2.16. The summed E-state index contributed by atoms with van der Waals surface area (Å²) in [6.07, 6.45) is 3.26. The number of hydrogen-bond acceptors (Lipinski definition) is 2. The zero-order valence-corrected chi connectivity index (χ0v) is 10.0. The van der Waals surface area contributed by atoms with Gasteiger partial charge in [0.15, 0.2) is 0 Å². The highest BCUT2D eigenvalue weighted by molar-refractivity contribution is 7.12. The molecule has 1 heterocycles. The SMILES string of the molecule is BC(B)(c1cnc(C)s1)C(C)CC. The molecule has 0 amide bonds. The molecule has 0 fully saturated rings. The fourth-order valence-electron chi connectivity index (χ4n) is 1.41. The Morgan fingerprint density at radius 1 is 1.62 bits per heavy atom. The van der Waals surface area contributed by atoms with Crippen LogP contribution < -0.4 is 0 Å². The van der Waals surface area contributed by atoms with Gasteiger partial charge in [-0.15, -0.1) is 11.3 Å². The fraction of sp³-hybridized carbons (Fsp3) is 0.667. The van der Waals surface area contributed by atoms with E-state index in [0.29, 0.717) is 5.92 Å². The van der Waals surface area contributed by atoms with Crippen LogP contribution in [-0.4, -0.2) is 20.7 Å². The van der Waals surface area contributed by atoms with Crippen molar-refractivity contribution in [1.29, 1.82) is 0 Å². The molecule has 1 atom stereocenters. The van der Waals surface area contributed by atoms with Crippen molar-refractivity contribution in [2.75, 3.05) is 0 Å². The lowest BCUT2D eigenvalue weighted by molar-refractivity contribution is 0.504. The largest absolute Gasteiger partial charge is 0.250 e. The fourth-order valence-corrected chi connectivity index (χ4v) is 2.41. The Morgan fingerprint density at radius 3 is 2.62 bits per heavy atom. The molecule has 0 aliphatic heterocycles. The summed E-state index contributed by atoms with van der Waals surface area (Å²) in [7, 11) is 4.63. The second kappa shape index (κ2) is 3.87. The van der Waals surface area contributed by atoms with Crippen LogP contribution in [0.1, 0.15) is 30.2 Å². The molecule has 4 heteroatoms. The van der Waals surface area contributed by atoms with Gasteiger partial charge in [0, 0.05) is 11.1 Å². The molecule has 1 aromatic rings. The van der Waals surface area contributed by atoms with Crippen molar-refractivity contribution in [2.45, 2.75) is 32.4 Å². The van der Waals surface area contributed by atoms with E-state index >= 15 is 0 Å². The Hall–Kier alpha value is -0.240. The Labute approximate surface area is 86.8 Å². The summed E-state index contributed by atoms with van der Waals surface area (Å²) in [5, 5.41) is 1.45. The van der Waals surface area contributed by atoms with Gasteiger partial charge >= 0.3 is 0 Å². The quantitative estimate of drug-likeness (QED) is 0.650. The minimum Gasteiger partial charge on any atom is -0.250 e. The molecule has 1 aromatic heterocycles. The summed E-state index contributed by atoms with van der Waals surface area (Å²) in [4.78, 5) is 5.73. The molecule has 0 radical (unpaired) electrons. The summed E-state index contributed by atoms with van der Waals surface area (Å²) in [6.45, 7) is 6.64.